The summed E-state index contributed by atoms with van der Waals surface area (Å²) in [5.74, 6) is -0.853. The Balaban J connectivity index is 1.73. The standard InChI is InChI=1S/C19H17Cl2N5O4/c20-10-3-4-11(14(21)8-10)13-9-24-17(19(27)28)12(13)2-1-7-23-16-6-5-15(26(29)30)18(22)25-16/h3-6,8-9,24H,1-2,7H2,(H,27,28)(H3,22,23,25). The van der Waals surface area contributed by atoms with Gasteiger partial charge < -0.3 is 21.1 Å². The molecule has 5 N–H and O–H groups in total. The number of aromatic carboxylic acids is 1. The fourth-order valence-corrected chi connectivity index (χ4v) is 3.56. The summed E-state index contributed by atoms with van der Waals surface area (Å²) in [4.78, 5) is 28.5. The average Bonchev–Trinajstić information content (AvgIpc) is 3.09. The topological polar surface area (TPSA) is 147 Å². The molecule has 0 spiro atoms. The zero-order chi connectivity index (χ0) is 21.8. The number of anilines is 2. The Bertz CT molecular complexity index is 1120. The number of nitrogens with zero attached hydrogens (tertiary/aromatic N) is 2. The molecule has 11 heteroatoms. The number of carbonyl (C=O) groups is 1. The van der Waals surface area contributed by atoms with Gasteiger partial charge in [-0.15, -0.1) is 0 Å². The summed E-state index contributed by atoms with van der Waals surface area (Å²) >= 11 is 12.2. The Hall–Kier alpha value is -3.30. The lowest BCUT2D eigenvalue weighted by Gasteiger charge is -2.09. The number of halogens is 2. The molecular formula is C19H17Cl2N5O4. The molecule has 0 bridgehead atoms. The number of nitrogens with two attached hydrogens (primary N) is 1. The van der Waals surface area contributed by atoms with Crippen LogP contribution < -0.4 is 11.1 Å². The molecule has 2 aromatic heterocycles. The van der Waals surface area contributed by atoms with E-state index in [0.29, 0.717) is 51.9 Å². The Morgan fingerprint density at radius 1 is 1.27 bits per heavy atom. The van der Waals surface area contributed by atoms with Crippen LogP contribution in [0.4, 0.5) is 17.3 Å². The summed E-state index contributed by atoms with van der Waals surface area (Å²) in [7, 11) is 0. The molecule has 1 aromatic carbocycles. The molecule has 0 fully saturated rings. The molecule has 3 aromatic rings. The van der Waals surface area contributed by atoms with Crippen molar-refractivity contribution < 1.29 is 14.8 Å². The molecule has 9 nitrogen and oxygen atoms in total. The molecule has 0 saturated carbocycles. The number of pyridine rings is 1. The minimum Gasteiger partial charge on any atom is -0.477 e. The highest BCUT2D eigenvalue weighted by Gasteiger charge is 2.19. The van der Waals surface area contributed by atoms with E-state index in [9.17, 15) is 20.0 Å². The average molecular weight is 450 g/mol. The molecule has 0 radical (unpaired) electrons. The third-order valence-corrected chi connectivity index (χ3v) is 4.98. The number of hydrogen-bond donors (Lipinski definition) is 4. The van der Waals surface area contributed by atoms with Crippen molar-refractivity contribution in [3.05, 3.63) is 67.9 Å². The number of nitrogen functional groups attached to an aromatic ring is 1. The van der Waals surface area contributed by atoms with Gasteiger partial charge in [0.25, 0.3) is 0 Å². The van der Waals surface area contributed by atoms with Crippen molar-refractivity contribution in [2.45, 2.75) is 12.8 Å². The molecule has 3 rings (SSSR count). The zero-order valence-electron chi connectivity index (χ0n) is 15.5. The van der Waals surface area contributed by atoms with Gasteiger partial charge in [0.1, 0.15) is 11.5 Å². The summed E-state index contributed by atoms with van der Waals surface area (Å²) in [6, 6.07) is 7.77. The number of aromatic amines is 1. The van der Waals surface area contributed by atoms with Gasteiger partial charge in [0.15, 0.2) is 0 Å². The van der Waals surface area contributed by atoms with Crippen LogP contribution in [0.25, 0.3) is 11.1 Å². The van der Waals surface area contributed by atoms with E-state index in [0.717, 1.165) is 0 Å². The number of carboxylic acid groups (broad SMARTS) is 1. The first-order valence-electron chi connectivity index (χ1n) is 8.81. The molecule has 0 aliphatic rings. The number of nitro groups is 1. The molecule has 156 valence electrons. The molecule has 0 aliphatic carbocycles. The molecule has 0 unspecified atom stereocenters. The smallest absolute Gasteiger partial charge is 0.352 e. The molecule has 2 heterocycles. The van der Waals surface area contributed by atoms with Crippen molar-refractivity contribution >= 4 is 46.5 Å². The van der Waals surface area contributed by atoms with Crippen LogP contribution in [-0.4, -0.2) is 32.5 Å². The minimum absolute atomic E-state index is 0.0914. The van der Waals surface area contributed by atoms with Crippen LogP contribution in [0.2, 0.25) is 10.0 Å². The van der Waals surface area contributed by atoms with Crippen LogP contribution >= 0.6 is 23.2 Å². The van der Waals surface area contributed by atoms with E-state index in [4.69, 9.17) is 28.9 Å². The van der Waals surface area contributed by atoms with E-state index in [2.05, 4.69) is 15.3 Å². The van der Waals surface area contributed by atoms with Crippen LogP contribution in [0.3, 0.4) is 0 Å². The summed E-state index contributed by atoms with van der Waals surface area (Å²) in [6.45, 7) is 0.447. The van der Waals surface area contributed by atoms with Gasteiger partial charge in [0.05, 0.1) is 4.92 Å². The first-order chi connectivity index (χ1) is 14.3. The predicted octanol–water partition coefficient (Wildman–Crippen LogP) is 4.62. The minimum atomic E-state index is -1.07. The second kappa shape index (κ2) is 9.02. The largest absolute Gasteiger partial charge is 0.477 e. The van der Waals surface area contributed by atoms with Gasteiger partial charge in [-0.2, -0.15) is 0 Å². The van der Waals surface area contributed by atoms with Crippen molar-refractivity contribution in [1.29, 1.82) is 0 Å². The third kappa shape index (κ3) is 4.64. The Labute approximate surface area is 181 Å². The van der Waals surface area contributed by atoms with E-state index >= 15 is 0 Å². The van der Waals surface area contributed by atoms with E-state index in [-0.39, 0.29) is 17.2 Å². The van der Waals surface area contributed by atoms with Crippen LogP contribution in [0, 0.1) is 10.1 Å². The maximum atomic E-state index is 11.6. The van der Waals surface area contributed by atoms with Gasteiger partial charge in [-0.25, -0.2) is 9.78 Å². The number of aromatic nitrogens is 2. The lowest BCUT2D eigenvalue weighted by atomic mass is 9.99. The molecular weight excluding hydrogens is 433 g/mol. The van der Waals surface area contributed by atoms with Crippen LogP contribution in [0.15, 0.2) is 36.5 Å². The molecule has 30 heavy (non-hydrogen) atoms. The molecule has 0 atom stereocenters. The Morgan fingerprint density at radius 3 is 2.67 bits per heavy atom. The van der Waals surface area contributed by atoms with Crippen molar-refractivity contribution in [1.82, 2.24) is 9.97 Å². The highest BCUT2D eigenvalue weighted by Crippen LogP contribution is 2.34. The summed E-state index contributed by atoms with van der Waals surface area (Å²) < 4.78 is 0. The molecule has 0 saturated heterocycles. The highest BCUT2D eigenvalue weighted by atomic mass is 35.5. The number of rotatable bonds is 8. The first-order valence-corrected chi connectivity index (χ1v) is 9.57. The monoisotopic (exact) mass is 449 g/mol. The number of nitrogens with one attached hydrogen (secondary N) is 2. The maximum Gasteiger partial charge on any atom is 0.352 e. The van der Waals surface area contributed by atoms with Crippen molar-refractivity contribution in [2.75, 3.05) is 17.6 Å². The summed E-state index contributed by atoms with van der Waals surface area (Å²) in [5, 5.41) is 24.2. The van der Waals surface area contributed by atoms with Crippen LogP contribution in [0.1, 0.15) is 22.5 Å². The van der Waals surface area contributed by atoms with E-state index in [1.54, 1.807) is 24.4 Å². The van der Waals surface area contributed by atoms with Crippen molar-refractivity contribution in [3.8, 4) is 11.1 Å². The first kappa shape index (κ1) is 21.4. The van der Waals surface area contributed by atoms with Gasteiger partial charge in [-0.3, -0.25) is 10.1 Å². The summed E-state index contributed by atoms with van der Waals surface area (Å²) in [6.07, 6.45) is 2.61. The molecule has 0 amide bonds. The van der Waals surface area contributed by atoms with Gasteiger partial charge in [0, 0.05) is 40.0 Å². The fraction of sp³-hybridized carbons (Fsp3) is 0.158. The van der Waals surface area contributed by atoms with Crippen LogP contribution in [-0.2, 0) is 6.42 Å². The maximum absolute atomic E-state index is 11.6. The predicted molar refractivity (Wildman–Crippen MR) is 115 cm³/mol. The third-order valence-electron chi connectivity index (χ3n) is 4.43. The van der Waals surface area contributed by atoms with Gasteiger partial charge in [-0.05, 0) is 36.6 Å². The van der Waals surface area contributed by atoms with Crippen LogP contribution in [0.5, 0.6) is 0 Å². The van der Waals surface area contributed by atoms with Gasteiger partial charge >= 0.3 is 11.7 Å². The Morgan fingerprint density at radius 2 is 2.03 bits per heavy atom. The summed E-state index contributed by atoms with van der Waals surface area (Å²) in [5.41, 5.74) is 7.39. The van der Waals surface area contributed by atoms with Gasteiger partial charge in [0.2, 0.25) is 5.82 Å². The quantitative estimate of drug-likeness (QED) is 0.222. The van der Waals surface area contributed by atoms with Crippen molar-refractivity contribution in [3.63, 3.8) is 0 Å². The van der Waals surface area contributed by atoms with Gasteiger partial charge in [-0.1, -0.05) is 29.3 Å². The lowest BCUT2D eigenvalue weighted by molar-refractivity contribution is -0.384. The number of carboxylic acids is 1. The van der Waals surface area contributed by atoms with E-state index in [1.165, 1.54) is 12.1 Å². The fourth-order valence-electron chi connectivity index (χ4n) is 3.05. The second-order valence-electron chi connectivity index (χ2n) is 6.37. The number of H-pyrrole nitrogens is 1. The lowest BCUT2D eigenvalue weighted by Crippen LogP contribution is -2.08. The van der Waals surface area contributed by atoms with Crippen molar-refractivity contribution in [2.24, 2.45) is 0 Å². The normalized spacial score (nSPS) is 10.7. The van der Waals surface area contributed by atoms with E-state index in [1.807, 2.05) is 0 Å². The molecule has 0 aliphatic heterocycles. The second-order valence-corrected chi connectivity index (χ2v) is 7.22. The SMILES string of the molecule is Nc1nc(NCCCc2c(-c3ccc(Cl)cc3Cl)c[nH]c2C(=O)O)ccc1[N+](=O)[O-]. The highest BCUT2D eigenvalue weighted by molar-refractivity contribution is 6.36. The zero-order valence-corrected chi connectivity index (χ0v) is 17.0. The number of benzene rings is 1. The Kier molecular flexibility index (Phi) is 6.43. The number of hydrogen-bond acceptors (Lipinski definition) is 6. The van der Waals surface area contributed by atoms with E-state index < -0.39 is 10.9 Å².